The first-order valence-corrected chi connectivity index (χ1v) is 8.58. The molecule has 4 nitrogen and oxygen atoms in total. The zero-order valence-corrected chi connectivity index (χ0v) is 14.4. The maximum absolute atomic E-state index is 12.6. The molecule has 0 spiro atoms. The van der Waals surface area contributed by atoms with E-state index in [1.165, 1.54) is 6.42 Å². The fraction of sp³-hybridized carbons (Fsp3) is 0.400. The molecule has 0 amide bonds. The minimum Gasteiger partial charge on any atom is -0.347 e. The average Bonchev–Trinajstić information content (AvgIpc) is 2.98. The number of benzene rings is 1. The third-order valence-electron chi connectivity index (χ3n) is 4.68. The highest BCUT2D eigenvalue weighted by Crippen LogP contribution is 2.16. The van der Waals surface area contributed by atoms with Gasteiger partial charge < -0.3 is 4.57 Å². The van der Waals surface area contributed by atoms with E-state index in [9.17, 15) is 9.59 Å². The van der Waals surface area contributed by atoms with Crippen LogP contribution in [0.2, 0.25) is 0 Å². The zero-order valence-electron chi connectivity index (χ0n) is 14.4. The molecule has 1 aromatic heterocycles. The fourth-order valence-corrected chi connectivity index (χ4v) is 3.24. The van der Waals surface area contributed by atoms with Crippen molar-refractivity contribution in [1.82, 2.24) is 9.47 Å². The Bertz CT molecular complexity index is 737. The Morgan fingerprint density at radius 1 is 1.00 bits per heavy atom. The number of Topliss-reactive ketones (excluding diaryl/α,β-unsaturated/α-hetero) is 1. The summed E-state index contributed by atoms with van der Waals surface area (Å²) >= 11 is 0. The number of piperidine rings is 1. The van der Waals surface area contributed by atoms with Crippen LogP contribution >= 0.6 is 0 Å². The lowest BCUT2D eigenvalue weighted by Crippen LogP contribution is -2.34. The van der Waals surface area contributed by atoms with Gasteiger partial charge in [-0.05, 0) is 38.9 Å². The summed E-state index contributed by atoms with van der Waals surface area (Å²) in [6.07, 6.45) is 5.34. The van der Waals surface area contributed by atoms with Gasteiger partial charge in [0.2, 0.25) is 0 Å². The highest BCUT2D eigenvalue weighted by molar-refractivity contribution is 6.10. The topological polar surface area (TPSA) is 42.3 Å². The van der Waals surface area contributed by atoms with Crippen LogP contribution in [0.15, 0.2) is 36.5 Å². The van der Waals surface area contributed by atoms with Crippen molar-refractivity contribution in [3.05, 3.63) is 58.9 Å². The summed E-state index contributed by atoms with van der Waals surface area (Å²) in [5, 5.41) is 0. The Hall–Kier alpha value is -2.20. The standard InChI is InChI=1S/C20H24N2O2/c1-15-6-8-16(9-7-15)20(24)17-12-18(21(2)13-17)19(23)14-22-10-4-3-5-11-22/h6-9,12-13H,3-5,10-11,14H2,1-2H3. The molecule has 1 aromatic carbocycles. The summed E-state index contributed by atoms with van der Waals surface area (Å²) in [4.78, 5) is 27.4. The van der Waals surface area contributed by atoms with E-state index in [0.717, 1.165) is 31.5 Å². The number of carbonyl (C=O) groups is 2. The Balaban J connectivity index is 1.75. The minimum atomic E-state index is -0.0392. The molecular formula is C20H24N2O2. The van der Waals surface area contributed by atoms with Gasteiger partial charge in [-0.25, -0.2) is 0 Å². The van der Waals surface area contributed by atoms with E-state index < -0.39 is 0 Å². The molecule has 0 bridgehead atoms. The van der Waals surface area contributed by atoms with E-state index >= 15 is 0 Å². The third kappa shape index (κ3) is 3.65. The molecule has 4 heteroatoms. The molecule has 1 aliphatic heterocycles. The second kappa shape index (κ2) is 7.14. The van der Waals surface area contributed by atoms with Gasteiger partial charge in [0.05, 0.1) is 12.2 Å². The highest BCUT2D eigenvalue weighted by atomic mass is 16.1. The van der Waals surface area contributed by atoms with Gasteiger partial charge in [-0.2, -0.15) is 0 Å². The first kappa shape index (κ1) is 16.7. The monoisotopic (exact) mass is 324 g/mol. The molecule has 1 saturated heterocycles. The molecular weight excluding hydrogens is 300 g/mol. The molecule has 0 atom stereocenters. The van der Waals surface area contributed by atoms with Crippen LogP contribution in [-0.4, -0.2) is 40.7 Å². The average molecular weight is 324 g/mol. The number of hydrogen-bond donors (Lipinski definition) is 0. The van der Waals surface area contributed by atoms with E-state index in [1.54, 1.807) is 16.8 Å². The summed E-state index contributed by atoms with van der Waals surface area (Å²) in [6, 6.07) is 9.26. The number of hydrogen-bond acceptors (Lipinski definition) is 3. The normalized spacial score (nSPS) is 15.4. The molecule has 2 aromatic rings. The molecule has 0 unspecified atom stereocenters. The second-order valence-electron chi connectivity index (χ2n) is 6.68. The van der Waals surface area contributed by atoms with E-state index in [2.05, 4.69) is 4.90 Å². The van der Waals surface area contributed by atoms with Crippen molar-refractivity contribution < 1.29 is 9.59 Å². The summed E-state index contributed by atoms with van der Waals surface area (Å²) in [5.74, 6) is 0.0463. The molecule has 1 fully saturated rings. The van der Waals surface area contributed by atoms with E-state index in [1.807, 2.05) is 38.2 Å². The predicted octanol–water partition coefficient (Wildman–Crippen LogP) is 3.23. The molecule has 1 aliphatic rings. The van der Waals surface area contributed by atoms with E-state index in [0.29, 0.717) is 23.4 Å². The number of rotatable bonds is 5. The summed E-state index contributed by atoms with van der Waals surface area (Å²) < 4.78 is 1.77. The van der Waals surface area contributed by atoms with Crippen molar-refractivity contribution in [3.63, 3.8) is 0 Å². The molecule has 3 rings (SSSR count). The molecule has 0 saturated carbocycles. The van der Waals surface area contributed by atoms with Crippen LogP contribution in [0.25, 0.3) is 0 Å². The van der Waals surface area contributed by atoms with Gasteiger partial charge in [-0.15, -0.1) is 0 Å². The Labute approximate surface area is 143 Å². The van der Waals surface area contributed by atoms with Crippen LogP contribution in [0.1, 0.15) is 51.2 Å². The largest absolute Gasteiger partial charge is 0.347 e. The lowest BCUT2D eigenvalue weighted by Gasteiger charge is -2.25. The van der Waals surface area contributed by atoms with Crippen LogP contribution in [0.3, 0.4) is 0 Å². The van der Waals surface area contributed by atoms with Crippen LogP contribution in [0, 0.1) is 6.92 Å². The minimum absolute atomic E-state index is 0.0392. The molecule has 0 aliphatic carbocycles. The Morgan fingerprint density at radius 2 is 1.67 bits per heavy atom. The maximum atomic E-state index is 12.6. The summed E-state index contributed by atoms with van der Waals surface area (Å²) in [7, 11) is 1.83. The molecule has 0 N–H and O–H groups in total. The van der Waals surface area contributed by atoms with Gasteiger partial charge >= 0.3 is 0 Å². The van der Waals surface area contributed by atoms with Gasteiger partial charge in [-0.3, -0.25) is 14.5 Å². The number of ketones is 2. The van der Waals surface area contributed by atoms with E-state index in [-0.39, 0.29) is 11.6 Å². The van der Waals surface area contributed by atoms with Crippen molar-refractivity contribution in [2.24, 2.45) is 7.05 Å². The lowest BCUT2D eigenvalue weighted by atomic mass is 10.0. The van der Waals surface area contributed by atoms with Crippen LogP contribution < -0.4 is 0 Å². The third-order valence-corrected chi connectivity index (χ3v) is 4.68. The number of aromatic nitrogens is 1. The van der Waals surface area contributed by atoms with Crippen molar-refractivity contribution in [3.8, 4) is 0 Å². The van der Waals surface area contributed by atoms with Crippen molar-refractivity contribution in [1.29, 1.82) is 0 Å². The van der Waals surface area contributed by atoms with Crippen LogP contribution in [-0.2, 0) is 7.05 Å². The number of carbonyl (C=O) groups excluding carboxylic acids is 2. The molecule has 0 radical (unpaired) electrons. The molecule has 24 heavy (non-hydrogen) atoms. The molecule has 2 heterocycles. The van der Waals surface area contributed by atoms with E-state index in [4.69, 9.17) is 0 Å². The van der Waals surface area contributed by atoms with Gasteiger partial charge in [0.25, 0.3) is 0 Å². The summed E-state index contributed by atoms with van der Waals surface area (Å²) in [5.41, 5.74) is 2.96. The maximum Gasteiger partial charge on any atom is 0.194 e. The van der Waals surface area contributed by atoms with Crippen LogP contribution in [0.5, 0.6) is 0 Å². The van der Waals surface area contributed by atoms with Crippen molar-refractivity contribution >= 4 is 11.6 Å². The van der Waals surface area contributed by atoms with Crippen LogP contribution in [0.4, 0.5) is 0 Å². The first-order valence-electron chi connectivity index (χ1n) is 8.58. The Morgan fingerprint density at radius 3 is 2.33 bits per heavy atom. The van der Waals surface area contributed by atoms with Crippen molar-refractivity contribution in [2.45, 2.75) is 26.2 Å². The number of nitrogens with zero attached hydrogens (tertiary/aromatic N) is 2. The second-order valence-corrected chi connectivity index (χ2v) is 6.68. The fourth-order valence-electron chi connectivity index (χ4n) is 3.24. The van der Waals surface area contributed by atoms with Gasteiger partial charge in [-0.1, -0.05) is 36.2 Å². The first-order chi connectivity index (χ1) is 11.5. The number of aryl methyl sites for hydroxylation is 2. The highest BCUT2D eigenvalue weighted by Gasteiger charge is 2.20. The summed E-state index contributed by atoms with van der Waals surface area (Å²) in [6.45, 7) is 4.42. The van der Waals surface area contributed by atoms with Gasteiger partial charge in [0.15, 0.2) is 11.6 Å². The number of likely N-dealkylation sites (tertiary alicyclic amines) is 1. The van der Waals surface area contributed by atoms with Gasteiger partial charge in [0, 0.05) is 24.4 Å². The smallest absolute Gasteiger partial charge is 0.194 e. The Kier molecular flexibility index (Phi) is 4.95. The zero-order chi connectivity index (χ0) is 17.1. The SMILES string of the molecule is Cc1ccc(C(=O)c2cc(C(=O)CN3CCCCC3)n(C)c2)cc1. The van der Waals surface area contributed by atoms with Crippen molar-refractivity contribution in [2.75, 3.05) is 19.6 Å². The molecule has 126 valence electrons. The quantitative estimate of drug-likeness (QED) is 0.793. The lowest BCUT2D eigenvalue weighted by molar-refractivity contribution is 0.0907. The predicted molar refractivity (Wildman–Crippen MR) is 94.6 cm³/mol. The van der Waals surface area contributed by atoms with Gasteiger partial charge in [0.1, 0.15) is 0 Å².